The number of carbonyl (C=O) groups excluding carboxylic acids is 1. The van der Waals surface area contributed by atoms with Crippen molar-refractivity contribution in [2.24, 2.45) is 17.9 Å². The van der Waals surface area contributed by atoms with Crippen LogP contribution in [0.5, 0.6) is 0 Å². The Labute approximate surface area is 163 Å². The van der Waals surface area contributed by atoms with Crippen LogP contribution in [0.1, 0.15) is 22.4 Å². The molecular weight excluding hydrogens is 352 g/mol. The highest BCUT2D eigenvalue weighted by molar-refractivity contribution is 5.96. The predicted octanol–water partition coefficient (Wildman–Crippen LogP) is 3.44. The molecule has 0 amide bonds. The lowest BCUT2D eigenvalue weighted by Gasteiger charge is -2.07. The minimum absolute atomic E-state index is 0.178. The second-order valence-electron chi connectivity index (χ2n) is 6.40. The molecule has 142 valence electrons. The minimum Gasteiger partial charge on any atom is -0.389 e. The van der Waals surface area contributed by atoms with Gasteiger partial charge in [0.05, 0.1) is 11.4 Å². The van der Waals surface area contributed by atoms with E-state index in [1.807, 2.05) is 68.6 Å². The predicted molar refractivity (Wildman–Crippen MR) is 110 cm³/mol. The van der Waals surface area contributed by atoms with Crippen LogP contribution >= 0.6 is 0 Å². The Hall–Kier alpha value is -3.51. The summed E-state index contributed by atoms with van der Waals surface area (Å²) in [4.78, 5) is 20.2. The van der Waals surface area contributed by atoms with Gasteiger partial charge in [0.2, 0.25) is 0 Å². The van der Waals surface area contributed by atoms with Gasteiger partial charge in [-0.1, -0.05) is 49.0 Å². The van der Waals surface area contributed by atoms with Crippen molar-refractivity contribution >= 4 is 17.9 Å². The van der Waals surface area contributed by atoms with E-state index in [1.54, 1.807) is 4.68 Å². The fourth-order valence-corrected chi connectivity index (χ4v) is 2.98. The molecular formula is C22H22N4O2. The van der Waals surface area contributed by atoms with Gasteiger partial charge in [0, 0.05) is 13.5 Å². The Bertz CT molecular complexity index is 1040. The molecule has 0 atom stereocenters. The van der Waals surface area contributed by atoms with Crippen molar-refractivity contribution in [1.82, 2.24) is 9.78 Å². The lowest BCUT2D eigenvalue weighted by Crippen LogP contribution is -2.13. The van der Waals surface area contributed by atoms with E-state index in [1.165, 1.54) is 0 Å². The number of aldehydes is 1. The van der Waals surface area contributed by atoms with Gasteiger partial charge in [-0.3, -0.25) is 4.68 Å². The smallest absolute Gasteiger partial charge is 0.265 e. The van der Waals surface area contributed by atoms with Gasteiger partial charge in [0.15, 0.2) is 0 Å². The second-order valence-corrected chi connectivity index (χ2v) is 6.40. The lowest BCUT2D eigenvalue weighted by molar-refractivity contribution is -0.107. The molecule has 1 heterocycles. The fraction of sp³-hybridized carbons (Fsp3) is 0.136. The molecule has 0 radical (unpaired) electrons. The number of hydrogen-bond acceptors (Lipinski definition) is 5. The zero-order valence-electron chi connectivity index (χ0n) is 15.9. The van der Waals surface area contributed by atoms with Gasteiger partial charge in [-0.2, -0.15) is 11.0 Å². The first-order valence-electron chi connectivity index (χ1n) is 8.81. The SMILES string of the molecule is C=C(/N=C(\ON)c1cc(-c2ccccc2)n(C)n1)c1ccc(CC=O)c(C)c1. The van der Waals surface area contributed by atoms with Gasteiger partial charge < -0.3 is 9.63 Å². The molecule has 0 bridgehead atoms. The van der Waals surface area contributed by atoms with E-state index in [0.717, 1.165) is 34.2 Å². The Kier molecular flexibility index (Phi) is 5.81. The quantitative estimate of drug-likeness (QED) is 0.310. The fourth-order valence-electron chi connectivity index (χ4n) is 2.98. The van der Waals surface area contributed by atoms with E-state index >= 15 is 0 Å². The van der Waals surface area contributed by atoms with E-state index in [4.69, 9.17) is 10.7 Å². The van der Waals surface area contributed by atoms with Crippen LogP contribution < -0.4 is 5.90 Å². The van der Waals surface area contributed by atoms with Gasteiger partial charge in [-0.25, -0.2) is 4.99 Å². The molecule has 0 unspecified atom stereocenters. The third kappa shape index (κ3) is 4.07. The van der Waals surface area contributed by atoms with Crippen LogP contribution in [0.3, 0.4) is 0 Å². The standard InChI is InChI=1S/C22H22N4O2/c1-15-13-19(10-9-17(15)11-12-27)16(2)24-22(28-23)20-14-21(26(3)25-20)18-7-5-4-6-8-18/h4-10,12-14H,2,11,23H2,1,3H3/b24-22-. The number of nitrogens with two attached hydrogens (primary N) is 1. The monoisotopic (exact) mass is 374 g/mol. The molecule has 0 saturated heterocycles. The molecule has 3 aromatic rings. The normalized spacial score (nSPS) is 11.3. The molecule has 2 aromatic carbocycles. The first-order valence-corrected chi connectivity index (χ1v) is 8.81. The van der Waals surface area contributed by atoms with Gasteiger partial charge >= 0.3 is 0 Å². The Morgan fingerprint density at radius 3 is 2.64 bits per heavy atom. The highest BCUT2D eigenvalue weighted by Gasteiger charge is 2.14. The minimum atomic E-state index is 0.178. The molecule has 1 aromatic heterocycles. The van der Waals surface area contributed by atoms with E-state index in [2.05, 4.69) is 16.7 Å². The van der Waals surface area contributed by atoms with Crippen LogP contribution in [-0.4, -0.2) is 22.0 Å². The molecule has 0 spiro atoms. The number of aromatic nitrogens is 2. The summed E-state index contributed by atoms with van der Waals surface area (Å²) >= 11 is 0. The van der Waals surface area contributed by atoms with E-state index in [0.29, 0.717) is 17.8 Å². The summed E-state index contributed by atoms with van der Waals surface area (Å²) in [6, 6.07) is 17.5. The summed E-state index contributed by atoms with van der Waals surface area (Å²) in [5, 5.41) is 4.46. The average Bonchev–Trinajstić information content (AvgIpc) is 3.09. The van der Waals surface area contributed by atoms with E-state index in [-0.39, 0.29) is 5.90 Å². The summed E-state index contributed by atoms with van der Waals surface area (Å²) in [5.41, 5.74) is 5.75. The van der Waals surface area contributed by atoms with Crippen molar-refractivity contribution < 1.29 is 9.63 Å². The number of rotatable bonds is 6. The molecule has 6 heteroatoms. The maximum atomic E-state index is 10.7. The van der Waals surface area contributed by atoms with Gasteiger partial charge in [-0.05, 0) is 41.3 Å². The summed E-state index contributed by atoms with van der Waals surface area (Å²) in [6.45, 7) is 5.96. The first-order chi connectivity index (χ1) is 13.5. The van der Waals surface area contributed by atoms with Gasteiger partial charge in [0.25, 0.3) is 5.90 Å². The highest BCUT2D eigenvalue weighted by atomic mass is 16.6. The largest absolute Gasteiger partial charge is 0.389 e. The molecule has 6 nitrogen and oxygen atoms in total. The maximum Gasteiger partial charge on any atom is 0.265 e. The van der Waals surface area contributed by atoms with Crippen molar-refractivity contribution in [1.29, 1.82) is 0 Å². The van der Waals surface area contributed by atoms with Crippen LogP contribution in [0.2, 0.25) is 0 Å². The molecule has 0 aliphatic carbocycles. The van der Waals surface area contributed by atoms with Crippen molar-refractivity contribution in [2.75, 3.05) is 0 Å². The third-order valence-corrected chi connectivity index (χ3v) is 4.50. The van der Waals surface area contributed by atoms with Gasteiger partial charge in [-0.15, -0.1) is 0 Å². The number of nitrogens with zero attached hydrogens (tertiary/aromatic N) is 3. The highest BCUT2D eigenvalue weighted by Crippen LogP contribution is 2.22. The Morgan fingerprint density at radius 1 is 1.25 bits per heavy atom. The molecule has 0 saturated carbocycles. The Morgan fingerprint density at radius 2 is 2.00 bits per heavy atom. The summed E-state index contributed by atoms with van der Waals surface area (Å²) in [5.74, 6) is 5.64. The van der Waals surface area contributed by atoms with Crippen LogP contribution in [0.25, 0.3) is 17.0 Å². The lowest BCUT2D eigenvalue weighted by atomic mass is 10.0. The van der Waals surface area contributed by atoms with E-state index in [9.17, 15) is 4.79 Å². The maximum absolute atomic E-state index is 10.7. The molecule has 28 heavy (non-hydrogen) atoms. The van der Waals surface area contributed by atoms with Crippen molar-refractivity contribution in [3.05, 3.63) is 83.6 Å². The van der Waals surface area contributed by atoms with E-state index < -0.39 is 0 Å². The topological polar surface area (TPSA) is 82.5 Å². The second kappa shape index (κ2) is 8.45. The van der Waals surface area contributed by atoms with Crippen LogP contribution in [-0.2, 0) is 23.1 Å². The third-order valence-electron chi connectivity index (χ3n) is 4.50. The molecule has 3 rings (SSSR count). The van der Waals surface area contributed by atoms with Crippen LogP contribution in [0, 0.1) is 6.92 Å². The summed E-state index contributed by atoms with van der Waals surface area (Å²) in [7, 11) is 1.85. The number of hydrogen-bond donors (Lipinski definition) is 1. The van der Waals surface area contributed by atoms with Gasteiger partial charge in [0.1, 0.15) is 12.0 Å². The number of aryl methyl sites for hydroxylation is 2. The number of carbonyl (C=O) groups is 1. The zero-order valence-corrected chi connectivity index (χ0v) is 15.9. The van der Waals surface area contributed by atoms with Crippen molar-refractivity contribution in [3.8, 4) is 11.3 Å². The Balaban J connectivity index is 1.91. The van der Waals surface area contributed by atoms with Crippen molar-refractivity contribution in [3.63, 3.8) is 0 Å². The average molecular weight is 374 g/mol. The molecule has 0 aliphatic rings. The summed E-state index contributed by atoms with van der Waals surface area (Å²) < 4.78 is 1.75. The number of aliphatic imine (C=N–C) groups is 1. The van der Waals surface area contributed by atoms with Crippen molar-refractivity contribution in [2.45, 2.75) is 13.3 Å². The molecule has 0 aliphatic heterocycles. The molecule has 0 fully saturated rings. The first kappa shape index (κ1) is 19.3. The van der Waals surface area contributed by atoms with Crippen LogP contribution in [0.15, 0.2) is 66.2 Å². The molecule has 2 N–H and O–H groups in total. The summed E-state index contributed by atoms with van der Waals surface area (Å²) in [6.07, 6.45) is 1.27. The van der Waals surface area contributed by atoms with Crippen LogP contribution in [0.4, 0.5) is 0 Å². The number of benzene rings is 2. The zero-order chi connectivity index (χ0) is 20.1.